The fourth-order valence-electron chi connectivity index (χ4n) is 3.12. The zero-order chi connectivity index (χ0) is 26.5. The molecule has 0 unspecified atom stereocenters. The van der Waals surface area contributed by atoms with Gasteiger partial charge in [-0.15, -0.1) is 0 Å². The second-order valence-electron chi connectivity index (χ2n) is 8.45. The molecule has 0 aliphatic carbocycles. The van der Waals surface area contributed by atoms with E-state index in [0.29, 0.717) is 27.5 Å². The summed E-state index contributed by atoms with van der Waals surface area (Å²) in [6, 6.07) is 6.21. The first-order valence-electron chi connectivity index (χ1n) is 10.6. The van der Waals surface area contributed by atoms with Crippen LogP contribution in [-0.4, -0.2) is 50.5 Å². The molecule has 2 rings (SSSR count). The molecule has 0 aliphatic heterocycles. The maximum Gasteiger partial charge on any atom is 0.244 e. The average Bonchev–Trinajstić information content (AvgIpc) is 2.77. The van der Waals surface area contributed by atoms with E-state index < -0.39 is 46.1 Å². The predicted molar refractivity (Wildman–Crippen MR) is 133 cm³/mol. The monoisotopic (exact) mass is 549 g/mol. The van der Waals surface area contributed by atoms with Gasteiger partial charge in [0.1, 0.15) is 12.6 Å². The van der Waals surface area contributed by atoms with Crippen molar-refractivity contribution in [2.45, 2.75) is 33.4 Å². The highest BCUT2D eigenvalue weighted by atomic mass is 35.5. The Morgan fingerprint density at radius 1 is 1.00 bits per heavy atom. The van der Waals surface area contributed by atoms with Gasteiger partial charge in [-0.1, -0.05) is 43.1 Å². The number of carbonyl (C=O) groups is 2. The molecule has 1 N–H and O–H groups in total. The Labute approximate surface area is 214 Å². The number of benzene rings is 2. The Kier molecular flexibility index (Phi) is 9.88. The fraction of sp³-hybridized carbons (Fsp3) is 0.391. The highest BCUT2D eigenvalue weighted by Gasteiger charge is 2.30. The number of amides is 2. The lowest BCUT2D eigenvalue weighted by molar-refractivity contribution is -0.139. The molecule has 192 valence electrons. The van der Waals surface area contributed by atoms with Crippen molar-refractivity contribution in [3.8, 4) is 0 Å². The number of carbonyl (C=O) groups excluding carboxylic acids is 2. The van der Waals surface area contributed by atoms with Crippen LogP contribution in [0, 0.1) is 17.6 Å². The molecule has 2 aromatic carbocycles. The maximum atomic E-state index is 13.8. The number of nitrogens with one attached hydrogen (secondary N) is 1. The van der Waals surface area contributed by atoms with Crippen LogP contribution >= 0.6 is 23.2 Å². The number of halogens is 4. The molecule has 7 nitrogen and oxygen atoms in total. The van der Waals surface area contributed by atoms with E-state index in [9.17, 15) is 26.8 Å². The standard InChI is InChI=1S/C23H27Cl2F2N3O4S/c1-14(2)11-28-23(32)15(3)29(12-16-5-7-18(24)19(25)9-16)22(31)13-30(35(4,33)34)17-6-8-20(26)21(27)10-17/h5-10,14-15H,11-13H2,1-4H3,(H,28,32)/t15-/m1/s1. The van der Waals surface area contributed by atoms with Crippen LogP contribution in [0.25, 0.3) is 0 Å². The number of hydrogen-bond acceptors (Lipinski definition) is 4. The summed E-state index contributed by atoms with van der Waals surface area (Å²) in [5, 5.41) is 3.30. The third-order valence-corrected chi connectivity index (χ3v) is 6.94. The maximum absolute atomic E-state index is 13.8. The fourth-order valence-corrected chi connectivity index (χ4v) is 4.29. The van der Waals surface area contributed by atoms with Crippen LogP contribution in [0.4, 0.5) is 14.5 Å². The van der Waals surface area contributed by atoms with Gasteiger partial charge in [-0.3, -0.25) is 13.9 Å². The Morgan fingerprint density at radius 2 is 1.66 bits per heavy atom. The third-order valence-electron chi connectivity index (χ3n) is 5.06. The second kappa shape index (κ2) is 12.0. The Bertz CT molecular complexity index is 1200. The van der Waals surface area contributed by atoms with Gasteiger partial charge in [0.15, 0.2) is 11.6 Å². The van der Waals surface area contributed by atoms with Crippen LogP contribution in [0.15, 0.2) is 36.4 Å². The molecule has 1 atom stereocenters. The normalized spacial score (nSPS) is 12.4. The Morgan fingerprint density at radius 3 is 2.20 bits per heavy atom. The smallest absolute Gasteiger partial charge is 0.244 e. The van der Waals surface area contributed by atoms with Crippen LogP contribution < -0.4 is 9.62 Å². The van der Waals surface area contributed by atoms with Crippen molar-refractivity contribution in [1.29, 1.82) is 0 Å². The number of sulfonamides is 1. The summed E-state index contributed by atoms with van der Waals surface area (Å²) in [6.07, 6.45) is 0.837. The third kappa shape index (κ3) is 8.05. The van der Waals surface area contributed by atoms with E-state index in [2.05, 4.69) is 5.32 Å². The van der Waals surface area contributed by atoms with E-state index in [1.54, 1.807) is 6.07 Å². The first kappa shape index (κ1) is 28.8. The van der Waals surface area contributed by atoms with Crippen molar-refractivity contribution in [1.82, 2.24) is 10.2 Å². The molecule has 2 aromatic rings. The average molecular weight is 550 g/mol. The lowest BCUT2D eigenvalue weighted by Crippen LogP contribution is -2.51. The van der Waals surface area contributed by atoms with Crippen molar-refractivity contribution < 1.29 is 26.8 Å². The zero-order valence-corrected chi connectivity index (χ0v) is 22.0. The van der Waals surface area contributed by atoms with Gasteiger partial charge < -0.3 is 10.2 Å². The SMILES string of the molecule is CC(C)CNC(=O)[C@@H](C)N(Cc1ccc(Cl)c(Cl)c1)C(=O)CN(c1ccc(F)c(F)c1)S(C)(=O)=O. The first-order valence-corrected chi connectivity index (χ1v) is 13.2. The van der Waals surface area contributed by atoms with Crippen molar-refractivity contribution in [3.63, 3.8) is 0 Å². The molecule has 0 bridgehead atoms. The minimum atomic E-state index is -4.07. The summed E-state index contributed by atoms with van der Waals surface area (Å²) in [4.78, 5) is 27.3. The molecule has 35 heavy (non-hydrogen) atoms. The van der Waals surface area contributed by atoms with Crippen LogP contribution in [0.1, 0.15) is 26.3 Å². The zero-order valence-electron chi connectivity index (χ0n) is 19.7. The van der Waals surface area contributed by atoms with Gasteiger partial charge in [0.25, 0.3) is 0 Å². The topological polar surface area (TPSA) is 86.8 Å². The lowest BCUT2D eigenvalue weighted by atomic mass is 10.1. The van der Waals surface area contributed by atoms with Crippen molar-refractivity contribution in [3.05, 3.63) is 63.6 Å². The summed E-state index contributed by atoms with van der Waals surface area (Å²) in [7, 11) is -4.07. The van der Waals surface area contributed by atoms with Gasteiger partial charge in [-0.25, -0.2) is 17.2 Å². The number of hydrogen-bond donors (Lipinski definition) is 1. The van der Waals surface area contributed by atoms with Crippen molar-refractivity contribution in [2.24, 2.45) is 5.92 Å². The van der Waals surface area contributed by atoms with E-state index >= 15 is 0 Å². The minimum absolute atomic E-state index is 0.0820. The lowest BCUT2D eigenvalue weighted by Gasteiger charge is -2.31. The summed E-state index contributed by atoms with van der Waals surface area (Å²) in [5.41, 5.74) is 0.321. The Balaban J connectivity index is 2.41. The molecule has 0 aromatic heterocycles. The minimum Gasteiger partial charge on any atom is -0.354 e. The van der Waals surface area contributed by atoms with Gasteiger partial charge in [0, 0.05) is 19.2 Å². The largest absolute Gasteiger partial charge is 0.354 e. The summed E-state index contributed by atoms with van der Waals surface area (Å²) < 4.78 is 52.7. The number of anilines is 1. The molecule has 0 heterocycles. The van der Waals surface area contributed by atoms with Crippen LogP contribution in [0.3, 0.4) is 0 Å². The quantitative estimate of drug-likeness (QED) is 0.480. The molecule has 2 amide bonds. The van der Waals surface area contributed by atoms with Crippen LogP contribution in [-0.2, 0) is 26.2 Å². The summed E-state index contributed by atoms with van der Waals surface area (Å²) in [5.74, 6) is -3.44. The van der Waals surface area contributed by atoms with Gasteiger partial charge in [0.2, 0.25) is 21.8 Å². The molecule has 0 radical (unpaired) electrons. The van der Waals surface area contributed by atoms with Gasteiger partial charge in [-0.05, 0) is 42.7 Å². The van der Waals surface area contributed by atoms with E-state index in [4.69, 9.17) is 23.2 Å². The molecule has 0 saturated heterocycles. The Hall–Kier alpha value is -2.43. The first-order chi connectivity index (χ1) is 16.2. The van der Waals surface area contributed by atoms with E-state index in [0.717, 1.165) is 18.4 Å². The molecular weight excluding hydrogens is 523 g/mol. The van der Waals surface area contributed by atoms with E-state index in [-0.39, 0.29) is 23.2 Å². The van der Waals surface area contributed by atoms with Gasteiger partial charge in [-0.2, -0.15) is 0 Å². The number of rotatable bonds is 10. The van der Waals surface area contributed by atoms with Gasteiger partial charge in [0.05, 0.1) is 22.0 Å². The van der Waals surface area contributed by atoms with Crippen LogP contribution in [0.2, 0.25) is 10.0 Å². The van der Waals surface area contributed by atoms with Crippen molar-refractivity contribution >= 4 is 50.7 Å². The molecule has 12 heteroatoms. The predicted octanol–water partition coefficient (Wildman–Crippen LogP) is 4.23. The number of nitrogens with zero attached hydrogens (tertiary/aromatic N) is 2. The molecular formula is C23H27Cl2F2N3O4S. The van der Waals surface area contributed by atoms with Crippen LogP contribution in [0.5, 0.6) is 0 Å². The highest BCUT2D eigenvalue weighted by Crippen LogP contribution is 2.25. The molecule has 0 aliphatic rings. The summed E-state index contributed by atoms with van der Waals surface area (Å²) >= 11 is 12.1. The molecule has 0 spiro atoms. The van der Waals surface area contributed by atoms with Gasteiger partial charge >= 0.3 is 0 Å². The van der Waals surface area contributed by atoms with Crippen molar-refractivity contribution in [2.75, 3.05) is 23.7 Å². The molecule has 0 fully saturated rings. The second-order valence-corrected chi connectivity index (χ2v) is 11.2. The van der Waals surface area contributed by atoms with E-state index in [1.165, 1.54) is 24.0 Å². The highest BCUT2D eigenvalue weighted by molar-refractivity contribution is 7.92. The molecule has 0 saturated carbocycles. The van der Waals surface area contributed by atoms with E-state index in [1.807, 2.05) is 13.8 Å². The summed E-state index contributed by atoms with van der Waals surface area (Å²) in [6.45, 7) is 4.88.